The van der Waals surface area contributed by atoms with Crippen molar-refractivity contribution < 1.29 is 19.7 Å². The highest BCUT2D eigenvalue weighted by Gasteiger charge is 2.20. The second-order valence-electron chi connectivity index (χ2n) is 5.84. The summed E-state index contributed by atoms with van der Waals surface area (Å²) in [5.74, 6) is -0.369. The molecule has 0 saturated carbocycles. The van der Waals surface area contributed by atoms with Crippen LogP contribution < -0.4 is 5.32 Å². The number of morpholine rings is 1. The van der Waals surface area contributed by atoms with Gasteiger partial charge in [0.15, 0.2) is 0 Å². The van der Waals surface area contributed by atoms with Crippen LogP contribution in [0.2, 0.25) is 0 Å². The van der Waals surface area contributed by atoms with E-state index in [1.165, 1.54) is 0 Å². The smallest absolute Gasteiger partial charge is 0.255 e. The van der Waals surface area contributed by atoms with Crippen LogP contribution in [-0.4, -0.2) is 60.5 Å². The van der Waals surface area contributed by atoms with Crippen molar-refractivity contribution in [2.45, 2.75) is 6.54 Å². The number of hydrogen-bond acceptors (Lipinski definition) is 5. The lowest BCUT2D eigenvalue weighted by molar-refractivity contribution is 0.0340. The molecular weight excluding hydrogens is 308 g/mol. The largest absolute Gasteiger partial charge is 0.507 e. The zero-order valence-electron chi connectivity index (χ0n) is 13.5. The fourth-order valence-corrected chi connectivity index (χ4v) is 2.99. The summed E-state index contributed by atoms with van der Waals surface area (Å²) in [7, 11) is 0. The van der Waals surface area contributed by atoms with Gasteiger partial charge in [0.2, 0.25) is 0 Å². The van der Waals surface area contributed by atoms with Crippen LogP contribution in [0.25, 0.3) is 10.8 Å². The number of hydrogen-bond donors (Lipinski definition) is 3. The van der Waals surface area contributed by atoms with Gasteiger partial charge in [0.1, 0.15) is 5.75 Å². The molecule has 1 aliphatic heterocycles. The average Bonchev–Trinajstić information content (AvgIpc) is 2.62. The molecular formula is C18H22N2O4. The highest BCUT2D eigenvalue weighted by molar-refractivity contribution is 6.03. The Morgan fingerprint density at radius 2 is 2.00 bits per heavy atom. The third-order valence-corrected chi connectivity index (χ3v) is 4.25. The van der Waals surface area contributed by atoms with Gasteiger partial charge in [0.05, 0.1) is 25.4 Å². The first-order valence-electron chi connectivity index (χ1n) is 8.13. The monoisotopic (exact) mass is 330 g/mol. The van der Waals surface area contributed by atoms with Gasteiger partial charge in [-0.3, -0.25) is 9.69 Å². The first-order chi connectivity index (χ1) is 11.7. The van der Waals surface area contributed by atoms with Gasteiger partial charge < -0.3 is 20.3 Å². The Morgan fingerprint density at radius 1 is 1.25 bits per heavy atom. The zero-order chi connectivity index (χ0) is 16.9. The van der Waals surface area contributed by atoms with Gasteiger partial charge in [-0.2, -0.15) is 0 Å². The summed E-state index contributed by atoms with van der Waals surface area (Å²) in [4.78, 5) is 14.5. The molecule has 3 N–H and O–H groups in total. The molecule has 3 rings (SSSR count). The van der Waals surface area contributed by atoms with E-state index < -0.39 is 0 Å². The predicted molar refractivity (Wildman–Crippen MR) is 91.1 cm³/mol. The van der Waals surface area contributed by atoms with E-state index in [9.17, 15) is 9.90 Å². The van der Waals surface area contributed by atoms with Crippen LogP contribution in [0.15, 0.2) is 30.3 Å². The lowest BCUT2D eigenvalue weighted by Crippen LogP contribution is -2.35. The Morgan fingerprint density at radius 3 is 2.75 bits per heavy atom. The number of aliphatic hydroxyl groups is 1. The summed E-state index contributed by atoms with van der Waals surface area (Å²) in [6.45, 7) is 3.54. The van der Waals surface area contributed by atoms with Crippen LogP contribution in [-0.2, 0) is 11.3 Å². The van der Waals surface area contributed by atoms with Crippen molar-refractivity contribution in [3.05, 3.63) is 41.5 Å². The van der Waals surface area contributed by atoms with Crippen LogP contribution in [0.5, 0.6) is 5.75 Å². The number of nitrogens with zero attached hydrogens (tertiary/aromatic N) is 1. The highest BCUT2D eigenvalue weighted by Crippen LogP contribution is 2.32. The Labute approximate surface area is 140 Å². The number of carbonyl (C=O) groups excluding carboxylic acids is 1. The lowest BCUT2D eigenvalue weighted by atomic mass is 9.98. The number of aromatic hydroxyl groups is 1. The van der Waals surface area contributed by atoms with Gasteiger partial charge in [0.25, 0.3) is 5.91 Å². The second kappa shape index (κ2) is 7.61. The van der Waals surface area contributed by atoms with Crippen molar-refractivity contribution in [1.29, 1.82) is 0 Å². The molecule has 1 aliphatic rings. The van der Waals surface area contributed by atoms with Crippen molar-refractivity contribution in [2.24, 2.45) is 0 Å². The summed E-state index contributed by atoms with van der Waals surface area (Å²) in [6.07, 6.45) is 0. The predicted octanol–water partition coefficient (Wildman–Crippen LogP) is 1.10. The second-order valence-corrected chi connectivity index (χ2v) is 5.84. The fraction of sp³-hybridized carbons (Fsp3) is 0.389. The number of aliphatic hydroxyl groups excluding tert-OH is 1. The van der Waals surface area contributed by atoms with Gasteiger partial charge in [-0.05, 0) is 16.8 Å². The van der Waals surface area contributed by atoms with Crippen LogP contribution in [0.1, 0.15) is 15.9 Å². The van der Waals surface area contributed by atoms with E-state index in [1.54, 1.807) is 6.07 Å². The zero-order valence-corrected chi connectivity index (χ0v) is 13.5. The Hall–Kier alpha value is -2.15. The molecule has 6 heteroatoms. The molecule has 2 aromatic carbocycles. The standard InChI is InChI=1S/C18H22N2O4/c21-8-5-19-18(23)15-11-13-3-1-2-4-14(13)16(17(15)22)12-20-6-9-24-10-7-20/h1-4,11,21-22H,5-10,12H2,(H,19,23). The normalized spacial score (nSPS) is 15.5. The molecule has 2 aromatic rings. The fourth-order valence-electron chi connectivity index (χ4n) is 2.99. The number of fused-ring (bicyclic) bond motifs is 1. The van der Waals surface area contributed by atoms with Crippen molar-refractivity contribution in [2.75, 3.05) is 39.5 Å². The molecule has 1 heterocycles. The van der Waals surface area contributed by atoms with Crippen LogP contribution in [0.4, 0.5) is 0 Å². The molecule has 0 radical (unpaired) electrons. The van der Waals surface area contributed by atoms with E-state index in [4.69, 9.17) is 9.84 Å². The molecule has 128 valence electrons. The highest BCUT2D eigenvalue weighted by atomic mass is 16.5. The van der Waals surface area contributed by atoms with Crippen molar-refractivity contribution in [1.82, 2.24) is 10.2 Å². The number of phenolic OH excluding ortho intramolecular Hbond substituents is 1. The SMILES string of the molecule is O=C(NCCO)c1cc2ccccc2c(CN2CCOCC2)c1O. The number of phenols is 1. The summed E-state index contributed by atoms with van der Waals surface area (Å²) in [5, 5.41) is 24.0. The van der Waals surface area contributed by atoms with E-state index >= 15 is 0 Å². The first-order valence-corrected chi connectivity index (χ1v) is 8.13. The van der Waals surface area contributed by atoms with Crippen molar-refractivity contribution in [3.8, 4) is 5.75 Å². The minimum absolute atomic E-state index is 0.00984. The molecule has 1 amide bonds. The molecule has 6 nitrogen and oxygen atoms in total. The maximum absolute atomic E-state index is 12.3. The maximum atomic E-state index is 12.3. The number of nitrogens with one attached hydrogen (secondary N) is 1. The number of benzene rings is 2. The molecule has 0 spiro atoms. The van der Waals surface area contributed by atoms with Gasteiger partial charge in [-0.15, -0.1) is 0 Å². The van der Waals surface area contributed by atoms with Gasteiger partial charge in [0, 0.05) is 31.7 Å². The molecule has 0 aliphatic carbocycles. The van der Waals surface area contributed by atoms with Crippen LogP contribution in [0, 0.1) is 0 Å². The molecule has 1 saturated heterocycles. The van der Waals surface area contributed by atoms with Crippen molar-refractivity contribution >= 4 is 16.7 Å². The Kier molecular flexibility index (Phi) is 5.30. The molecule has 0 aromatic heterocycles. The van der Waals surface area contributed by atoms with E-state index in [-0.39, 0.29) is 30.4 Å². The summed E-state index contributed by atoms with van der Waals surface area (Å²) < 4.78 is 5.37. The van der Waals surface area contributed by atoms with E-state index in [1.807, 2.05) is 24.3 Å². The minimum Gasteiger partial charge on any atom is -0.507 e. The molecule has 0 unspecified atom stereocenters. The number of carbonyl (C=O) groups is 1. The minimum atomic E-state index is -0.379. The number of rotatable bonds is 5. The van der Waals surface area contributed by atoms with Gasteiger partial charge in [-0.25, -0.2) is 0 Å². The van der Waals surface area contributed by atoms with E-state index in [0.717, 1.165) is 29.4 Å². The molecule has 0 atom stereocenters. The Balaban J connectivity index is 2.00. The Bertz CT molecular complexity index is 726. The third kappa shape index (κ3) is 3.51. The van der Waals surface area contributed by atoms with Crippen LogP contribution in [0.3, 0.4) is 0 Å². The summed E-state index contributed by atoms with van der Waals surface area (Å²) in [5.41, 5.74) is 0.995. The maximum Gasteiger partial charge on any atom is 0.255 e. The molecule has 0 bridgehead atoms. The number of amides is 1. The van der Waals surface area contributed by atoms with E-state index in [0.29, 0.717) is 19.8 Å². The third-order valence-electron chi connectivity index (χ3n) is 4.25. The number of ether oxygens (including phenoxy) is 1. The molecule has 24 heavy (non-hydrogen) atoms. The first kappa shape index (κ1) is 16.7. The molecule has 1 fully saturated rings. The summed E-state index contributed by atoms with van der Waals surface area (Å²) in [6, 6.07) is 9.42. The van der Waals surface area contributed by atoms with Gasteiger partial charge in [-0.1, -0.05) is 24.3 Å². The lowest BCUT2D eigenvalue weighted by Gasteiger charge is -2.27. The van der Waals surface area contributed by atoms with Crippen molar-refractivity contribution in [3.63, 3.8) is 0 Å². The van der Waals surface area contributed by atoms with Gasteiger partial charge >= 0.3 is 0 Å². The quantitative estimate of drug-likeness (QED) is 0.765. The van der Waals surface area contributed by atoms with E-state index in [2.05, 4.69) is 10.2 Å². The average molecular weight is 330 g/mol. The summed E-state index contributed by atoms with van der Waals surface area (Å²) >= 11 is 0. The van der Waals surface area contributed by atoms with Crippen LogP contribution >= 0.6 is 0 Å². The topological polar surface area (TPSA) is 82.0 Å².